The number of hydrogen-bond acceptors (Lipinski definition) is 2. The largest absolute Gasteiger partial charge is 0.480 e. The van der Waals surface area contributed by atoms with Crippen LogP contribution in [0.4, 0.5) is 10.5 Å². The Morgan fingerprint density at radius 3 is 2.50 bits per heavy atom. The number of amides is 2. The summed E-state index contributed by atoms with van der Waals surface area (Å²) in [6.45, 7) is 3.81. The molecule has 7 heteroatoms. The van der Waals surface area contributed by atoms with Crippen molar-refractivity contribution in [2.24, 2.45) is 5.92 Å². The molecular formula is C13H16Br2N2O3. The van der Waals surface area contributed by atoms with Crippen LogP contribution in [0.1, 0.15) is 20.3 Å². The minimum Gasteiger partial charge on any atom is -0.480 e. The van der Waals surface area contributed by atoms with E-state index in [1.165, 1.54) is 0 Å². The van der Waals surface area contributed by atoms with Crippen LogP contribution in [0.2, 0.25) is 0 Å². The van der Waals surface area contributed by atoms with Gasteiger partial charge in [-0.15, -0.1) is 0 Å². The smallest absolute Gasteiger partial charge is 0.326 e. The Labute approximate surface area is 134 Å². The van der Waals surface area contributed by atoms with E-state index in [1.807, 2.05) is 19.9 Å². The van der Waals surface area contributed by atoms with E-state index in [4.69, 9.17) is 5.11 Å². The van der Waals surface area contributed by atoms with Crippen molar-refractivity contribution in [1.29, 1.82) is 0 Å². The summed E-state index contributed by atoms with van der Waals surface area (Å²) in [5, 5.41) is 14.2. The van der Waals surface area contributed by atoms with E-state index >= 15 is 0 Å². The van der Waals surface area contributed by atoms with E-state index < -0.39 is 18.0 Å². The number of rotatable bonds is 5. The average molecular weight is 408 g/mol. The fourth-order valence-electron chi connectivity index (χ4n) is 1.60. The highest BCUT2D eigenvalue weighted by molar-refractivity contribution is 9.11. The number of nitrogens with one attached hydrogen (secondary N) is 2. The zero-order valence-electron chi connectivity index (χ0n) is 11.1. The summed E-state index contributed by atoms with van der Waals surface area (Å²) >= 11 is 6.62. The van der Waals surface area contributed by atoms with Crippen molar-refractivity contribution in [3.63, 3.8) is 0 Å². The number of hydrogen-bond donors (Lipinski definition) is 3. The predicted octanol–water partition coefficient (Wildman–Crippen LogP) is 3.83. The van der Waals surface area contributed by atoms with Gasteiger partial charge in [0.05, 0.1) is 5.69 Å². The second-order valence-corrected chi connectivity index (χ2v) is 6.51. The number of carbonyl (C=O) groups is 2. The van der Waals surface area contributed by atoms with Crippen molar-refractivity contribution in [1.82, 2.24) is 5.32 Å². The third-order valence-electron chi connectivity index (χ3n) is 2.49. The first-order chi connectivity index (χ1) is 9.29. The van der Waals surface area contributed by atoms with Gasteiger partial charge in [0, 0.05) is 8.95 Å². The molecule has 0 unspecified atom stereocenters. The molecule has 1 aromatic rings. The molecule has 0 aliphatic carbocycles. The number of anilines is 1. The maximum atomic E-state index is 11.9. The molecule has 0 saturated heterocycles. The van der Waals surface area contributed by atoms with E-state index in [1.54, 1.807) is 12.1 Å². The summed E-state index contributed by atoms with van der Waals surface area (Å²) in [7, 11) is 0. The number of urea groups is 1. The van der Waals surface area contributed by atoms with Crippen LogP contribution in [0.25, 0.3) is 0 Å². The minimum atomic E-state index is -1.04. The molecule has 1 rings (SSSR count). The molecule has 5 nitrogen and oxygen atoms in total. The molecule has 1 aromatic carbocycles. The van der Waals surface area contributed by atoms with Gasteiger partial charge in [-0.05, 0) is 46.5 Å². The molecule has 0 aliphatic heterocycles. The highest BCUT2D eigenvalue weighted by Gasteiger charge is 2.21. The number of carbonyl (C=O) groups excluding carboxylic acids is 1. The van der Waals surface area contributed by atoms with E-state index in [0.29, 0.717) is 16.6 Å². The average Bonchev–Trinajstić information content (AvgIpc) is 2.32. The van der Waals surface area contributed by atoms with Crippen molar-refractivity contribution < 1.29 is 14.7 Å². The quantitative estimate of drug-likeness (QED) is 0.693. The lowest BCUT2D eigenvalue weighted by Gasteiger charge is -2.17. The normalized spacial score (nSPS) is 12.1. The summed E-state index contributed by atoms with van der Waals surface area (Å²) in [5.41, 5.74) is 0.561. The minimum absolute atomic E-state index is 0.175. The molecule has 0 aromatic heterocycles. The van der Waals surface area contributed by atoms with Crippen LogP contribution in [-0.4, -0.2) is 23.1 Å². The van der Waals surface area contributed by atoms with Gasteiger partial charge in [0.2, 0.25) is 0 Å². The Morgan fingerprint density at radius 1 is 1.30 bits per heavy atom. The number of halogens is 2. The van der Waals surface area contributed by atoms with Crippen LogP contribution in [0, 0.1) is 5.92 Å². The van der Waals surface area contributed by atoms with Gasteiger partial charge in [-0.3, -0.25) is 0 Å². The molecule has 1 atom stereocenters. The summed E-state index contributed by atoms with van der Waals surface area (Å²) in [6, 6.07) is 3.88. The van der Waals surface area contributed by atoms with E-state index in [9.17, 15) is 9.59 Å². The molecule has 0 bridgehead atoms. The molecule has 0 fully saturated rings. The lowest BCUT2D eigenvalue weighted by atomic mass is 10.0. The van der Waals surface area contributed by atoms with Crippen LogP contribution in [0.15, 0.2) is 27.1 Å². The third kappa shape index (κ3) is 5.50. The van der Waals surface area contributed by atoms with Crippen molar-refractivity contribution in [2.45, 2.75) is 26.3 Å². The van der Waals surface area contributed by atoms with Crippen LogP contribution in [0.5, 0.6) is 0 Å². The number of benzene rings is 1. The molecule has 0 spiro atoms. The Balaban J connectivity index is 2.70. The van der Waals surface area contributed by atoms with Gasteiger partial charge in [0.15, 0.2) is 0 Å². The van der Waals surface area contributed by atoms with Crippen molar-refractivity contribution >= 4 is 49.5 Å². The molecule has 0 radical (unpaired) electrons. The molecule has 110 valence electrons. The monoisotopic (exact) mass is 406 g/mol. The zero-order chi connectivity index (χ0) is 15.3. The highest BCUT2D eigenvalue weighted by atomic mass is 79.9. The van der Waals surface area contributed by atoms with E-state index in [2.05, 4.69) is 42.5 Å². The summed E-state index contributed by atoms with van der Waals surface area (Å²) in [4.78, 5) is 22.9. The lowest BCUT2D eigenvalue weighted by molar-refractivity contribution is -0.139. The molecular weight excluding hydrogens is 392 g/mol. The van der Waals surface area contributed by atoms with Gasteiger partial charge < -0.3 is 15.7 Å². The van der Waals surface area contributed by atoms with E-state index in [0.717, 1.165) is 4.47 Å². The Kier molecular flexibility index (Phi) is 6.48. The first-order valence-electron chi connectivity index (χ1n) is 6.05. The van der Waals surface area contributed by atoms with Gasteiger partial charge >= 0.3 is 12.0 Å². The second-order valence-electron chi connectivity index (χ2n) is 4.74. The number of carboxylic acids is 1. The fourth-order valence-corrected chi connectivity index (χ4v) is 2.31. The summed E-state index contributed by atoms with van der Waals surface area (Å²) < 4.78 is 1.53. The Bertz CT molecular complexity index is 506. The van der Waals surface area contributed by atoms with Crippen LogP contribution < -0.4 is 10.6 Å². The number of carboxylic acid groups (broad SMARTS) is 1. The molecule has 20 heavy (non-hydrogen) atoms. The van der Waals surface area contributed by atoms with Crippen molar-refractivity contribution in [3.05, 3.63) is 27.1 Å². The molecule has 3 N–H and O–H groups in total. The summed E-state index contributed by atoms with van der Waals surface area (Å²) in [5.74, 6) is -0.865. The first-order valence-corrected chi connectivity index (χ1v) is 7.63. The van der Waals surface area contributed by atoms with E-state index in [-0.39, 0.29) is 5.92 Å². The van der Waals surface area contributed by atoms with Gasteiger partial charge in [-0.2, -0.15) is 0 Å². The molecule has 0 saturated carbocycles. The van der Waals surface area contributed by atoms with Crippen molar-refractivity contribution in [3.8, 4) is 0 Å². The zero-order valence-corrected chi connectivity index (χ0v) is 14.3. The maximum Gasteiger partial charge on any atom is 0.326 e. The first kappa shape index (κ1) is 17.0. The van der Waals surface area contributed by atoms with Crippen molar-refractivity contribution in [2.75, 3.05) is 5.32 Å². The highest BCUT2D eigenvalue weighted by Crippen LogP contribution is 2.26. The molecule has 0 aliphatic rings. The SMILES string of the molecule is CC(C)C[C@@H](NC(=O)Nc1cc(Br)ccc1Br)C(=O)O. The third-order valence-corrected chi connectivity index (χ3v) is 3.67. The van der Waals surface area contributed by atoms with Gasteiger partial charge in [0.1, 0.15) is 6.04 Å². The topological polar surface area (TPSA) is 78.4 Å². The maximum absolute atomic E-state index is 11.9. The van der Waals surface area contributed by atoms with Crippen LogP contribution in [-0.2, 0) is 4.79 Å². The van der Waals surface area contributed by atoms with Gasteiger partial charge in [-0.1, -0.05) is 29.8 Å². The Hall–Kier alpha value is -1.08. The summed E-state index contributed by atoms with van der Waals surface area (Å²) in [6.07, 6.45) is 0.377. The van der Waals surface area contributed by atoms with Gasteiger partial charge in [0.25, 0.3) is 0 Å². The molecule has 0 heterocycles. The second kappa shape index (κ2) is 7.64. The Morgan fingerprint density at radius 2 is 1.95 bits per heavy atom. The lowest BCUT2D eigenvalue weighted by Crippen LogP contribution is -2.43. The van der Waals surface area contributed by atoms with Crippen LogP contribution >= 0.6 is 31.9 Å². The standard InChI is InChI=1S/C13H16Br2N2O3/c1-7(2)5-11(12(18)19)17-13(20)16-10-6-8(14)3-4-9(10)15/h3-4,6-7,11H,5H2,1-2H3,(H,18,19)(H2,16,17,20)/t11-/m1/s1. The van der Waals surface area contributed by atoms with Crippen LogP contribution in [0.3, 0.4) is 0 Å². The predicted molar refractivity (Wildman–Crippen MR) is 84.9 cm³/mol. The van der Waals surface area contributed by atoms with Gasteiger partial charge in [-0.25, -0.2) is 9.59 Å². The fraction of sp³-hybridized carbons (Fsp3) is 0.385. The number of aliphatic carboxylic acids is 1. The molecule has 2 amide bonds.